The van der Waals surface area contributed by atoms with Crippen molar-refractivity contribution in [2.24, 2.45) is 0 Å². The number of nitrogens with zero attached hydrogens (tertiary/aromatic N) is 1. The van der Waals surface area contributed by atoms with Crippen LogP contribution in [0, 0.1) is 0 Å². The van der Waals surface area contributed by atoms with E-state index in [2.05, 4.69) is 5.32 Å². The second kappa shape index (κ2) is 7.04. The summed E-state index contributed by atoms with van der Waals surface area (Å²) in [6.07, 6.45) is 0.441. The Labute approximate surface area is 102 Å². The molecule has 0 spiro atoms. The van der Waals surface area contributed by atoms with Gasteiger partial charge in [-0.2, -0.15) is 0 Å². The Morgan fingerprint density at radius 1 is 1.35 bits per heavy atom. The molecule has 1 atom stereocenters. The van der Waals surface area contributed by atoms with E-state index in [9.17, 15) is 9.90 Å². The average Bonchev–Trinajstić information content (AvgIpc) is 2.34. The van der Waals surface area contributed by atoms with Crippen molar-refractivity contribution in [2.45, 2.75) is 12.5 Å². The van der Waals surface area contributed by atoms with Gasteiger partial charge in [-0.25, -0.2) is 0 Å². The summed E-state index contributed by atoms with van der Waals surface area (Å²) in [5.74, 6) is -0.0402. The SMILES string of the molecule is CN(C)CCC(=O)N[C@@H](CO)c1ccccc1. The molecule has 0 aliphatic heterocycles. The fourth-order valence-corrected chi connectivity index (χ4v) is 1.51. The van der Waals surface area contributed by atoms with Gasteiger partial charge < -0.3 is 15.3 Å². The maximum Gasteiger partial charge on any atom is 0.221 e. The summed E-state index contributed by atoms with van der Waals surface area (Å²) >= 11 is 0. The molecule has 0 fully saturated rings. The molecule has 4 nitrogen and oxygen atoms in total. The number of hydrogen-bond acceptors (Lipinski definition) is 3. The normalized spacial score (nSPS) is 12.5. The van der Waals surface area contributed by atoms with E-state index >= 15 is 0 Å². The molecule has 0 aliphatic carbocycles. The van der Waals surface area contributed by atoms with Crippen molar-refractivity contribution in [3.05, 3.63) is 35.9 Å². The van der Waals surface area contributed by atoms with E-state index in [1.807, 2.05) is 49.3 Å². The van der Waals surface area contributed by atoms with Crippen LogP contribution in [-0.2, 0) is 4.79 Å². The van der Waals surface area contributed by atoms with E-state index in [0.29, 0.717) is 13.0 Å². The van der Waals surface area contributed by atoms with Crippen LogP contribution in [0.4, 0.5) is 0 Å². The highest BCUT2D eigenvalue weighted by Crippen LogP contribution is 2.11. The average molecular weight is 236 g/mol. The quantitative estimate of drug-likeness (QED) is 0.767. The molecule has 0 aromatic heterocycles. The Bertz CT molecular complexity index is 339. The highest BCUT2D eigenvalue weighted by molar-refractivity contribution is 5.76. The molecule has 0 unspecified atom stereocenters. The van der Waals surface area contributed by atoms with Gasteiger partial charge in [0.15, 0.2) is 0 Å². The molecule has 4 heteroatoms. The predicted molar refractivity (Wildman–Crippen MR) is 67.6 cm³/mol. The van der Waals surface area contributed by atoms with Gasteiger partial charge in [-0.05, 0) is 19.7 Å². The lowest BCUT2D eigenvalue weighted by molar-refractivity contribution is -0.122. The van der Waals surface area contributed by atoms with Crippen molar-refractivity contribution in [1.82, 2.24) is 10.2 Å². The lowest BCUT2D eigenvalue weighted by Crippen LogP contribution is -2.32. The van der Waals surface area contributed by atoms with Gasteiger partial charge in [0.05, 0.1) is 12.6 Å². The molecule has 0 saturated heterocycles. The van der Waals surface area contributed by atoms with Gasteiger partial charge in [0.25, 0.3) is 0 Å². The number of benzene rings is 1. The van der Waals surface area contributed by atoms with Gasteiger partial charge in [-0.3, -0.25) is 4.79 Å². The van der Waals surface area contributed by atoms with Gasteiger partial charge in [0, 0.05) is 13.0 Å². The van der Waals surface area contributed by atoms with Crippen molar-refractivity contribution < 1.29 is 9.90 Å². The van der Waals surface area contributed by atoms with Crippen molar-refractivity contribution in [3.8, 4) is 0 Å². The summed E-state index contributed by atoms with van der Waals surface area (Å²) in [6.45, 7) is 0.622. The molecule has 1 rings (SSSR count). The smallest absolute Gasteiger partial charge is 0.221 e. The Balaban J connectivity index is 2.50. The van der Waals surface area contributed by atoms with Crippen LogP contribution in [0.25, 0.3) is 0 Å². The zero-order valence-electron chi connectivity index (χ0n) is 10.4. The third-order valence-corrected chi connectivity index (χ3v) is 2.51. The predicted octanol–water partition coefficient (Wildman–Crippen LogP) is 0.788. The van der Waals surface area contributed by atoms with E-state index in [1.54, 1.807) is 0 Å². The van der Waals surface area contributed by atoms with Crippen molar-refractivity contribution in [2.75, 3.05) is 27.2 Å². The van der Waals surface area contributed by atoms with Gasteiger partial charge in [-0.15, -0.1) is 0 Å². The molecule has 17 heavy (non-hydrogen) atoms. The minimum absolute atomic E-state index is 0.0402. The Morgan fingerprint density at radius 2 is 2.00 bits per heavy atom. The third kappa shape index (κ3) is 4.97. The number of aliphatic hydroxyl groups is 1. The van der Waals surface area contributed by atoms with Crippen LogP contribution in [0.15, 0.2) is 30.3 Å². The largest absolute Gasteiger partial charge is 0.394 e. The van der Waals surface area contributed by atoms with Crippen molar-refractivity contribution in [3.63, 3.8) is 0 Å². The van der Waals surface area contributed by atoms with Gasteiger partial charge in [0.2, 0.25) is 5.91 Å². The van der Waals surface area contributed by atoms with Crippen LogP contribution in [-0.4, -0.2) is 43.2 Å². The molecular weight excluding hydrogens is 216 g/mol. The Hall–Kier alpha value is -1.39. The van der Waals surface area contributed by atoms with Crippen LogP contribution >= 0.6 is 0 Å². The van der Waals surface area contributed by atoms with Crippen LogP contribution in [0.2, 0.25) is 0 Å². The fraction of sp³-hybridized carbons (Fsp3) is 0.462. The first-order chi connectivity index (χ1) is 8.13. The molecule has 0 radical (unpaired) electrons. The third-order valence-electron chi connectivity index (χ3n) is 2.51. The summed E-state index contributed by atoms with van der Waals surface area (Å²) in [7, 11) is 3.85. The van der Waals surface area contributed by atoms with Crippen LogP contribution in [0.5, 0.6) is 0 Å². The van der Waals surface area contributed by atoms with Crippen LogP contribution < -0.4 is 5.32 Å². The van der Waals surface area contributed by atoms with Crippen molar-refractivity contribution >= 4 is 5.91 Å². The Kier molecular flexibility index (Phi) is 5.66. The standard InChI is InChI=1S/C13H20N2O2/c1-15(2)9-8-13(17)14-12(10-16)11-6-4-3-5-7-11/h3-7,12,16H,8-10H2,1-2H3,(H,14,17)/t12-/m0/s1. The number of nitrogens with one attached hydrogen (secondary N) is 1. The van der Waals surface area contributed by atoms with Crippen LogP contribution in [0.3, 0.4) is 0 Å². The zero-order chi connectivity index (χ0) is 12.7. The van der Waals surface area contributed by atoms with E-state index in [4.69, 9.17) is 0 Å². The summed E-state index contributed by atoms with van der Waals surface area (Å²) in [5.41, 5.74) is 0.924. The molecule has 1 amide bonds. The second-order valence-electron chi connectivity index (χ2n) is 4.27. The number of carbonyl (C=O) groups excluding carboxylic acids is 1. The molecule has 0 aliphatic rings. The molecule has 1 aromatic carbocycles. The molecule has 94 valence electrons. The first-order valence-electron chi connectivity index (χ1n) is 5.73. The molecule has 0 saturated carbocycles. The monoisotopic (exact) mass is 236 g/mol. The second-order valence-corrected chi connectivity index (χ2v) is 4.27. The van der Waals surface area contributed by atoms with Gasteiger partial charge >= 0.3 is 0 Å². The highest BCUT2D eigenvalue weighted by Gasteiger charge is 2.12. The fourth-order valence-electron chi connectivity index (χ4n) is 1.51. The minimum atomic E-state index is -0.314. The maximum atomic E-state index is 11.6. The summed E-state index contributed by atoms with van der Waals surface area (Å²) in [6, 6.07) is 9.17. The lowest BCUT2D eigenvalue weighted by Gasteiger charge is -2.17. The first-order valence-corrected chi connectivity index (χ1v) is 5.73. The number of aliphatic hydroxyl groups excluding tert-OH is 1. The lowest BCUT2D eigenvalue weighted by atomic mass is 10.1. The van der Waals surface area contributed by atoms with E-state index < -0.39 is 0 Å². The van der Waals surface area contributed by atoms with E-state index in [-0.39, 0.29) is 18.6 Å². The van der Waals surface area contributed by atoms with Gasteiger partial charge in [0.1, 0.15) is 0 Å². The number of hydrogen-bond donors (Lipinski definition) is 2. The molecule has 2 N–H and O–H groups in total. The topological polar surface area (TPSA) is 52.6 Å². The molecular formula is C13H20N2O2. The summed E-state index contributed by atoms with van der Waals surface area (Å²) in [5, 5.41) is 12.1. The first kappa shape index (κ1) is 13.7. The van der Waals surface area contributed by atoms with E-state index in [1.165, 1.54) is 0 Å². The zero-order valence-corrected chi connectivity index (χ0v) is 10.4. The minimum Gasteiger partial charge on any atom is -0.394 e. The number of amides is 1. The maximum absolute atomic E-state index is 11.6. The van der Waals surface area contributed by atoms with Gasteiger partial charge in [-0.1, -0.05) is 30.3 Å². The molecule has 1 aromatic rings. The Morgan fingerprint density at radius 3 is 2.53 bits per heavy atom. The number of carbonyl (C=O) groups is 1. The van der Waals surface area contributed by atoms with E-state index in [0.717, 1.165) is 5.56 Å². The molecule has 0 bridgehead atoms. The van der Waals surface area contributed by atoms with Crippen LogP contribution in [0.1, 0.15) is 18.0 Å². The summed E-state index contributed by atoms with van der Waals surface area (Å²) in [4.78, 5) is 13.6. The van der Waals surface area contributed by atoms with Crippen molar-refractivity contribution in [1.29, 1.82) is 0 Å². The summed E-state index contributed by atoms with van der Waals surface area (Å²) < 4.78 is 0. The molecule has 0 heterocycles. The highest BCUT2D eigenvalue weighted by atomic mass is 16.3. The number of rotatable bonds is 6.